The molecule has 0 radical (unpaired) electrons. The molecule has 0 aromatic heterocycles. The van der Waals surface area contributed by atoms with Crippen LogP contribution in [0, 0.1) is 11.6 Å². The van der Waals surface area contributed by atoms with E-state index in [1.165, 1.54) is 5.32 Å². The van der Waals surface area contributed by atoms with Crippen molar-refractivity contribution in [2.75, 3.05) is 0 Å². The lowest BCUT2D eigenvalue weighted by Gasteiger charge is -2.21. The monoisotopic (exact) mass is 303 g/mol. The minimum absolute atomic E-state index is 0.157. The van der Waals surface area contributed by atoms with Crippen molar-refractivity contribution < 1.29 is 35.5 Å². The lowest BCUT2D eigenvalue weighted by Crippen LogP contribution is -2.50. The van der Waals surface area contributed by atoms with Crippen molar-refractivity contribution >= 4 is 5.91 Å². The lowest BCUT2D eigenvalue weighted by molar-refractivity contribution is -0.270. The maximum absolute atomic E-state index is 12.9. The molecular formula is C11H8F7NO. The van der Waals surface area contributed by atoms with Crippen LogP contribution in [0.5, 0.6) is 0 Å². The zero-order chi connectivity index (χ0) is 15.7. The number of alkyl halides is 5. The number of nitrogens with one attached hydrogen (secondary N) is 1. The van der Waals surface area contributed by atoms with Crippen LogP contribution in [-0.4, -0.2) is 18.0 Å². The molecule has 1 unspecified atom stereocenters. The maximum Gasteiger partial charge on any atom is 0.463 e. The number of carbonyl (C=O) groups is 1. The molecule has 9 heteroatoms. The largest absolute Gasteiger partial charge is 0.463 e. The highest BCUT2D eigenvalue weighted by molar-refractivity contribution is 5.84. The molecule has 0 aliphatic rings. The van der Waals surface area contributed by atoms with Gasteiger partial charge in [0.15, 0.2) is 11.6 Å². The van der Waals surface area contributed by atoms with Crippen LogP contribution in [0.4, 0.5) is 30.7 Å². The van der Waals surface area contributed by atoms with Crippen molar-refractivity contribution in [3.63, 3.8) is 0 Å². The average molecular weight is 303 g/mol. The molecule has 0 heterocycles. The smallest absolute Gasteiger partial charge is 0.344 e. The van der Waals surface area contributed by atoms with E-state index in [9.17, 15) is 35.5 Å². The Balaban J connectivity index is 2.88. The Labute approximate surface area is 108 Å². The van der Waals surface area contributed by atoms with Gasteiger partial charge in [-0.1, -0.05) is 6.07 Å². The molecule has 0 spiro atoms. The van der Waals surface area contributed by atoms with Gasteiger partial charge in [0.2, 0.25) is 0 Å². The number of carbonyl (C=O) groups excluding carboxylic acids is 1. The fourth-order valence-electron chi connectivity index (χ4n) is 1.28. The predicted octanol–water partition coefficient (Wildman–Crippen LogP) is 3.34. The molecule has 0 saturated carbocycles. The second-order valence-electron chi connectivity index (χ2n) is 3.94. The molecule has 1 rings (SSSR count). The van der Waals surface area contributed by atoms with Gasteiger partial charge in [0.25, 0.3) is 0 Å². The van der Waals surface area contributed by atoms with Gasteiger partial charge in [-0.05, 0) is 24.6 Å². The minimum Gasteiger partial charge on any atom is -0.344 e. The van der Waals surface area contributed by atoms with Gasteiger partial charge >= 0.3 is 18.0 Å². The molecule has 1 N–H and O–H groups in total. The van der Waals surface area contributed by atoms with Crippen LogP contribution in [0.1, 0.15) is 18.5 Å². The molecule has 0 fully saturated rings. The molecule has 1 amide bonds. The van der Waals surface area contributed by atoms with E-state index in [0.717, 1.165) is 13.0 Å². The van der Waals surface area contributed by atoms with Gasteiger partial charge in [0, 0.05) is 0 Å². The predicted molar refractivity (Wildman–Crippen MR) is 53.9 cm³/mol. The van der Waals surface area contributed by atoms with Crippen LogP contribution in [-0.2, 0) is 4.79 Å². The molecule has 0 bridgehead atoms. The van der Waals surface area contributed by atoms with Gasteiger partial charge in [-0.25, -0.2) is 8.78 Å². The molecule has 0 saturated heterocycles. The molecule has 1 aromatic rings. The van der Waals surface area contributed by atoms with Crippen LogP contribution in [0.25, 0.3) is 0 Å². The van der Waals surface area contributed by atoms with E-state index >= 15 is 0 Å². The summed E-state index contributed by atoms with van der Waals surface area (Å²) in [6.07, 6.45) is -6.04. The summed E-state index contributed by atoms with van der Waals surface area (Å²) >= 11 is 0. The van der Waals surface area contributed by atoms with Crippen molar-refractivity contribution in [2.45, 2.75) is 25.1 Å². The first-order valence-corrected chi connectivity index (χ1v) is 5.17. The van der Waals surface area contributed by atoms with Gasteiger partial charge in [0.1, 0.15) is 0 Å². The number of rotatable bonds is 3. The highest BCUT2D eigenvalue weighted by Crippen LogP contribution is 2.36. The van der Waals surface area contributed by atoms with E-state index in [-0.39, 0.29) is 5.56 Å². The van der Waals surface area contributed by atoms with Crippen LogP contribution in [0.2, 0.25) is 0 Å². The first-order chi connectivity index (χ1) is 8.96. The number of halogens is 7. The molecular weight excluding hydrogens is 295 g/mol. The average Bonchev–Trinajstić information content (AvgIpc) is 2.30. The summed E-state index contributed by atoms with van der Waals surface area (Å²) in [5, 5.41) is 1.39. The molecule has 1 atom stereocenters. The van der Waals surface area contributed by atoms with Crippen LogP contribution >= 0.6 is 0 Å². The Morgan fingerprint density at radius 2 is 1.65 bits per heavy atom. The van der Waals surface area contributed by atoms with Crippen molar-refractivity contribution in [3.05, 3.63) is 35.4 Å². The molecule has 0 aliphatic heterocycles. The van der Waals surface area contributed by atoms with Crippen LogP contribution in [0.3, 0.4) is 0 Å². The van der Waals surface area contributed by atoms with Crippen LogP contribution < -0.4 is 5.32 Å². The topological polar surface area (TPSA) is 29.1 Å². The maximum atomic E-state index is 12.9. The molecule has 1 aromatic carbocycles. The van der Waals surface area contributed by atoms with Crippen molar-refractivity contribution in [1.29, 1.82) is 0 Å². The summed E-state index contributed by atoms with van der Waals surface area (Å²) in [7, 11) is 0. The first kappa shape index (κ1) is 16.3. The van der Waals surface area contributed by atoms with E-state index < -0.39 is 35.7 Å². The second-order valence-corrected chi connectivity index (χ2v) is 3.94. The quantitative estimate of drug-likeness (QED) is 0.853. The van der Waals surface area contributed by atoms with Gasteiger partial charge in [-0.3, -0.25) is 4.79 Å². The zero-order valence-electron chi connectivity index (χ0n) is 9.86. The molecule has 20 heavy (non-hydrogen) atoms. The van der Waals surface area contributed by atoms with Crippen molar-refractivity contribution in [2.24, 2.45) is 0 Å². The standard InChI is InChI=1S/C11H8F7NO/c1-5(6-2-3-7(12)8(13)4-6)19-9(20)10(14,15)11(16,17)18/h2-5H,1H3,(H,19,20). The summed E-state index contributed by atoms with van der Waals surface area (Å²) in [4.78, 5) is 10.9. The van der Waals surface area contributed by atoms with Gasteiger partial charge in [-0.2, -0.15) is 22.0 Å². The highest BCUT2D eigenvalue weighted by atomic mass is 19.4. The Morgan fingerprint density at radius 1 is 1.10 bits per heavy atom. The molecule has 0 aliphatic carbocycles. The summed E-state index contributed by atoms with van der Waals surface area (Å²) < 4.78 is 86.7. The molecule has 2 nitrogen and oxygen atoms in total. The Kier molecular flexibility index (Phi) is 4.30. The summed E-state index contributed by atoms with van der Waals surface area (Å²) in [5.41, 5.74) is -0.157. The van der Waals surface area contributed by atoms with Crippen molar-refractivity contribution in [3.8, 4) is 0 Å². The highest BCUT2D eigenvalue weighted by Gasteiger charge is 2.63. The number of amides is 1. The normalized spacial score (nSPS) is 14.0. The van der Waals surface area contributed by atoms with E-state index in [4.69, 9.17) is 0 Å². The Morgan fingerprint density at radius 3 is 2.10 bits per heavy atom. The Hall–Kier alpha value is -1.80. The SMILES string of the molecule is CC(NC(=O)C(F)(F)C(F)(F)F)c1ccc(F)c(F)c1. The van der Waals surface area contributed by atoms with Gasteiger partial charge in [-0.15, -0.1) is 0 Å². The number of hydrogen-bond acceptors (Lipinski definition) is 1. The third-order valence-electron chi connectivity index (χ3n) is 2.43. The fourth-order valence-corrected chi connectivity index (χ4v) is 1.28. The first-order valence-electron chi connectivity index (χ1n) is 5.17. The Bertz CT molecular complexity index is 512. The summed E-state index contributed by atoms with van der Waals surface area (Å²) in [6.45, 7) is 1.05. The van der Waals surface area contributed by atoms with Gasteiger partial charge in [0.05, 0.1) is 6.04 Å². The van der Waals surface area contributed by atoms with E-state index in [0.29, 0.717) is 12.1 Å². The van der Waals surface area contributed by atoms with E-state index in [1.54, 1.807) is 0 Å². The fraction of sp³-hybridized carbons (Fsp3) is 0.364. The summed E-state index contributed by atoms with van der Waals surface area (Å²) in [6, 6.07) is 0.849. The van der Waals surface area contributed by atoms with Gasteiger partial charge < -0.3 is 5.32 Å². The summed E-state index contributed by atoms with van der Waals surface area (Å²) in [5.74, 6) is -10.7. The third kappa shape index (κ3) is 3.20. The van der Waals surface area contributed by atoms with E-state index in [2.05, 4.69) is 0 Å². The lowest BCUT2D eigenvalue weighted by atomic mass is 10.1. The number of benzene rings is 1. The number of hydrogen-bond donors (Lipinski definition) is 1. The molecule has 112 valence electrons. The second kappa shape index (κ2) is 5.29. The van der Waals surface area contributed by atoms with E-state index in [1.807, 2.05) is 0 Å². The van der Waals surface area contributed by atoms with Crippen LogP contribution in [0.15, 0.2) is 18.2 Å². The zero-order valence-corrected chi connectivity index (χ0v) is 9.86. The minimum atomic E-state index is -6.04. The third-order valence-corrected chi connectivity index (χ3v) is 2.43. The van der Waals surface area contributed by atoms with Crippen molar-refractivity contribution in [1.82, 2.24) is 5.32 Å².